The molecule has 0 heterocycles. The Morgan fingerprint density at radius 3 is 2.10 bits per heavy atom. The van der Waals surface area contributed by atoms with Crippen molar-refractivity contribution in [1.82, 2.24) is 0 Å². The molecule has 2 amide bonds. The zero-order chi connectivity index (χ0) is 15.0. The molecule has 1 aromatic rings. The van der Waals surface area contributed by atoms with Crippen LogP contribution in [-0.4, -0.2) is 18.4 Å². The number of carbonyl (C=O) groups excluding carboxylic acids is 2. The molecular formula is C16H24N2O2. The van der Waals surface area contributed by atoms with Gasteiger partial charge in [0, 0.05) is 30.8 Å². The maximum Gasteiger partial charge on any atom is 0.226 e. The third-order valence-corrected chi connectivity index (χ3v) is 3.02. The third-order valence-electron chi connectivity index (χ3n) is 3.02. The van der Waals surface area contributed by atoms with Crippen molar-refractivity contribution in [2.24, 2.45) is 0 Å². The molecule has 4 nitrogen and oxygen atoms in total. The number of hydrogen-bond donors (Lipinski definition) is 1. The summed E-state index contributed by atoms with van der Waals surface area (Å²) in [4.78, 5) is 25.2. The molecule has 0 aliphatic carbocycles. The van der Waals surface area contributed by atoms with Crippen LogP contribution < -0.4 is 10.2 Å². The number of rotatable bonds is 7. The SMILES string of the molecule is CCCC(=O)Nc1ccc(N(CC)C(=O)CCC)cc1. The van der Waals surface area contributed by atoms with Crippen molar-refractivity contribution in [3.05, 3.63) is 24.3 Å². The number of nitrogens with zero attached hydrogens (tertiary/aromatic N) is 1. The van der Waals surface area contributed by atoms with Gasteiger partial charge in [0.15, 0.2) is 0 Å². The summed E-state index contributed by atoms with van der Waals surface area (Å²) in [5.74, 6) is 0.160. The van der Waals surface area contributed by atoms with Crippen LogP contribution in [0.25, 0.3) is 0 Å². The van der Waals surface area contributed by atoms with Crippen LogP contribution in [0.4, 0.5) is 11.4 Å². The molecule has 0 saturated carbocycles. The van der Waals surface area contributed by atoms with Crippen LogP contribution in [0.15, 0.2) is 24.3 Å². The standard InChI is InChI=1S/C16H24N2O2/c1-4-7-15(19)17-13-9-11-14(12-10-13)18(6-3)16(20)8-5-2/h9-12H,4-8H2,1-3H3,(H,17,19). The fourth-order valence-corrected chi connectivity index (χ4v) is 2.03. The second-order valence-electron chi connectivity index (χ2n) is 4.73. The molecule has 0 fully saturated rings. The molecule has 0 aliphatic heterocycles. The molecule has 0 atom stereocenters. The molecule has 20 heavy (non-hydrogen) atoms. The summed E-state index contributed by atoms with van der Waals surface area (Å²) in [6.45, 7) is 6.59. The molecule has 1 aromatic carbocycles. The first-order valence-corrected chi connectivity index (χ1v) is 7.32. The fourth-order valence-electron chi connectivity index (χ4n) is 2.03. The first kappa shape index (κ1) is 16.2. The van der Waals surface area contributed by atoms with Crippen LogP contribution >= 0.6 is 0 Å². The molecule has 0 bridgehead atoms. The van der Waals surface area contributed by atoms with Gasteiger partial charge in [-0.1, -0.05) is 13.8 Å². The summed E-state index contributed by atoms with van der Waals surface area (Å²) in [6.07, 6.45) is 2.76. The van der Waals surface area contributed by atoms with Crippen LogP contribution in [0, 0.1) is 0 Å². The largest absolute Gasteiger partial charge is 0.326 e. The number of hydrogen-bond acceptors (Lipinski definition) is 2. The molecule has 110 valence electrons. The fraction of sp³-hybridized carbons (Fsp3) is 0.500. The first-order valence-electron chi connectivity index (χ1n) is 7.32. The lowest BCUT2D eigenvalue weighted by atomic mass is 10.2. The van der Waals surface area contributed by atoms with Gasteiger partial charge in [0.2, 0.25) is 11.8 Å². The van der Waals surface area contributed by atoms with E-state index in [1.54, 1.807) is 4.90 Å². The predicted molar refractivity (Wildman–Crippen MR) is 82.9 cm³/mol. The van der Waals surface area contributed by atoms with E-state index in [0.717, 1.165) is 24.2 Å². The molecule has 0 radical (unpaired) electrons. The Balaban J connectivity index is 2.73. The van der Waals surface area contributed by atoms with E-state index in [2.05, 4.69) is 5.32 Å². The smallest absolute Gasteiger partial charge is 0.226 e. The molecule has 0 aliphatic rings. The molecule has 0 saturated heterocycles. The number of benzene rings is 1. The summed E-state index contributed by atoms with van der Waals surface area (Å²) in [5, 5.41) is 2.84. The number of anilines is 2. The monoisotopic (exact) mass is 276 g/mol. The van der Waals surface area contributed by atoms with Gasteiger partial charge in [0.1, 0.15) is 0 Å². The second kappa shape index (κ2) is 8.35. The minimum Gasteiger partial charge on any atom is -0.326 e. The zero-order valence-electron chi connectivity index (χ0n) is 12.6. The highest BCUT2D eigenvalue weighted by Gasteiger charge is 2.12. The molecule has 1 rings (SSSR count). The summed E-state index contributed by atoms with van der Waals surface area (Å²) in [7, 11) is 0. The van der Waals surface area contributed by atoms with Crippen LogP contribution in [-0.2, 0) is 9.59 Å². The van der Waals surface area contributed by atoms with Gasteiger partial charge in [-0.3, -0.25) is 9.59 Å². The van der Waals surface area contributed by atoms with Crippen molar-refractivity contribution in [2.45, 2.75) is 46.5 Å². The molecule has 4 heteroatoms. The van der Waals surface area contributed by atoms with E-state index >= 15 is 0 Å². The van der Waals surface area contributed by atoms with Gasteiger partial charge in [-0.05, 0) is 44.0 Å². The average molecular weight is 276 g/mol. The van der Waals surface area contributed by atoms with Gasteiger partial charge < -0.3 is 10.2 Å². The van der Waals surface area contributed by atoms with Crippen LogP contribution in [0.3, 0.4) is 0 Å². The number of nitrogens with one attached hydrogen (secondary N) is 1. The summed E-state index contributed by atoms with van der Waals surface area (Å²) >= 11 is 0. The van der Waals surface area contributed by atoms with E-state index < -0.39 is 0 Å². The van der Waals surface area contributed by atoms with Gasteiger partial charge in [-0.15, -0.1) is 0 Å². The normalized spacial score (nSPS) is 10.2. The molecular weight excluding hydrogens is 252 g/mol. The highest BCUT2D eigenvalue weighted by atomic mass is 16.2. The van der Waals surface area contributed by atoms with Crippen LogP contribution in [0.2, 0.25) is 0 Å². The lowest BCUT2D eigenvalue weighted by molar-refractivity contribution is -0.118. The minimum atomic E-state index is 0.0228. The van der Waals surface area contributed by atoms with Crippen molar-refractivity contribution in [1.29, 1.82) is 0 Å². The number of carbonyl (C=O) groups is 2. The Morgan fingerprint density at radius 1 is 1.00 bits per heavy atom. The summed E-state index contributed by atoms with van der Waals surface area (Å²) < 4.78 is 0. The van der Waals surface area contributed by atoms with Gasteiger partial charge in [-0.2, -0.15) is 0 Å². The Labute approximate surface area is 121 Å². The Kier molecular flexibility index (Phi) is 6.77. The Bertz CT molecular complexity index is 440. The van der Waals surface area contributed by atoms with Crippen molar-refractivity contribution in [3.63, 3.8) is 0 Å². The van der Waals surface area contributed by atoms with Crippen LogP contribution in [0.1, 0.15) is 46.5 Å². The van der Waals surface area contributed by atoms with E-state index in [4.69, 9.17) is 0 Å². The highest BCUT2D eigenvalue weighted by molar-refractivity contribution is 5.94. The van der Waals surface area contributed by atoms with E-state index in [1.807, 2.05) is 45.0 Å². The Hall–Kier alpha value is -1.84. The Morgan fingerprint density at radius 2 is 1.60 bits per heavy atom. The van der Waals surface area contributed by atoms with Crippen molar-refractivity contribution < 1.29 is 9.59 Å². The highest BCUT2D eigenvalue weighted by Crippen LogP contribution is 2.19. The van der Waals surface area contributed by atoms with E-state index in [9.17, 15) is 9.59 Å². The maximum absolute atomic E-state index is 12.0. The third kappa shape index (κ3) is 4.68. The van der Waals surface area contributed by atoms with Crippen LogP contribution in [0.5, 0.6) is 0 Å². The lowest BCUT2D eigenvalue weighted by Crippen LogP contribution is -2.30. The van der Waals surface area contributed by atoms with Crippen molar-refractivity contribution in [3.8, 4) is 0 Å². The van der Waals surface area contributed by atoms with Gasteiger partial charge in [-0.25, -0.2) is 0 Å². The molecule has 0 aromatic heterocycles. The maximum atomic E-state index is 12.0. The van der Waals surface area contributed by atoms with Gasteiger partial charge >= 0.3 is 0 Å². The quantitative estimate of drug-likeness (QED) is 0.827. The zero-order valence-corrected chi connectivity index (χ0v) is 12.6. The second-order valence-corrected chi connectivity index (χ2v) is 4.73. The van der Waals surface area contributed by atoms with E-state index in [-0.39, 0.29) is 11.8 Å². The van der Waals surface area contributed by atoms with Gasteiger partial charge in [0.25, 0.3) is 0 Å². The molecule has 0 spiro atoms. The number of amides is 2. The minimum absolute atomic E-state index is 0.0228. The van der Waals surface area contributed by atoms with Gasteiger partial charge in [0.05, 0.1) is 0 Å². The molecule has 1 N–H and O–H groups in total. The average Bonchev–Trinajstić information content (AvgIpc) is 2.42. The lowest BCUT2D eigenvalue weighted by Gasteiger charge is -2.21. The topological polar surface area (TPSA) is 49.4 Å². The van der Waals surface area contributed by atoms with E-state index in [1.165, 1.54) is 0 Å². The summed E-state index contributed by atoms with van der Waals surface area (Å²) in [5.41, 5.74) is 1.64. The summed E-state index contributed by atoms with van der Waals surface area (Å²) in [6, 6.07) is 7.42. The van der Waals surface area contributed by atoms with E-state index in [0.29, 0.717) is 19.4 Å². The van der Waals surface area contributed by atoms with Crippen molar-refractivity contribution >= 4 is 23.2 Å². The van der Waals surface area contributed by atoms with Crippen molar-refractivity contribution in [2.75, 3.05) is 16.8 Å². The predicted octanol–water partition coefficient (Wildman–Crippen LogP) is 3.58. The first-order chi connectivity index (χ1) is 9.62. The molecule has 0 unspecified atom stereocenters.